The predicted molar refractivity (Wildman–Crippen MR) is 117 cm³/mol. The molecule has 3 aliphatic rings. The molecule has 3 nitrogen and oxygen atoms in total. The lowest BCUT2D eigenvalue weighted by Crippen LogP contribution is -2.42. The van der Waals surface area contributed by atoms with Crippen molar-refractivity contribution in [1.82, 2.24) is 4.98 Å². The van der Waals surface area contributed by atoms with E-state index in [9.17, 15) is 4.79 Å². The van der Waals surface area contributed by atoms with Crippen molar-refractivity contribution in [2.24, 2.45) is 29.6 Å². The van der Waals surface area contributed by atoms with Gasteiger partial charge < -0.3 is 4.74 Å². The molecule has 2 aliphatic carbocycles. The van der Waals surface area contributed by atoms with Crippen molar-refractivity contribution in [3.05, 3.63) is 35.7 Å². The Morgan fingerprint density at radius 2 is 2.03 bits per heavy atom. The Labute approximate surface area is 176 Å². The van der Waals surface area contributed by atoms with E-state index >= 15 is 0 Å². The Morgan fingerprint density at radius 1 is 1.17 bits per heavy atom. The Bertz CT molecular complexity index is 727. The fourth-order valence-corrected chi connectivity index (χ4v) is 6.26. The summed E-state index contributed by atoms with van der Waals surface area (Å²) < 4.78 is 5.69. The van der Waals surface area contributed by atoms with Crippen molar-refractivity contribution in [3.8, 4) is 0 Å². The standard InChI is InChI=1S/C26H37NO2/c1-3-4-5-6-11-20-12-9-13-21(27-20)15-16-23-22-14-8-7-10-19(22)17-24-25(23)18(2)29-26(24)28/h9,12-13,15-16,18-19,22-25H,3-8,10-11,14,17H2,1-2H3/b16-15+/t18-,19+,22-,23+,24-,25+/m1/s1. The monoisotopic (exact) mass is 395 g/mol. The van der Waals surface area contributed by atoms with Crippen LogP contribution in [-0.2, 0) is 16.0 Å². The van der Waals surface area contributed by atoms with Gasteiger partial charge in [-0.1, -0.05) is 57.6 Å². The maximum atomic E-state index is 12.4. The van der Waals surface area contributed by atoms with Gasteiger partial charge in [0.1, 0.15) is 6.10 Å². The van der Waals surface area contributed by atoms with E-state index in [1.807, 2.05) is 0 Å². The molecule has 158 valence electrons. The molecule has 0 amide bonds. The highest BCUT2D eigenvalue weighted by Crippen LogP contribution is 2.53. The molecule has 6 atom stereocenters. The number of aryl methyl sites for hydroxylation is 1. The summed E-state index contributed by atoms with van der Waals surface area (Å²) in [4.78, 5) is 17.3. The van der Waals surface area contributed by atoms with Crippen molar-refractivity contribution in [3.63, 3.8) is 0 Å². The molecule has 0 bridgehead atoms. The molecule has 1 aliphatic heterocycles. The van der Waals surface area contributed by atoms with Crippen molar-refractivity contribution < 1.29 is 9.53 Å². The number of fused-ring (bicyclic) bond motifs is 2. The third-order valence-corrected chi connectivity index (χ3v) is 7.68. The predicted octanol–water partition coefficient (Wildman–Crippen LogP) is 6.22. The van der Waals surface area contributed by atoms with Crippen LogP contribution in [0, 0.1) is 29.6 Å². The number of rotatable bonds is 7. The van der Waals surface area contributed by atoms with Gasteiger partial charge in [0.2, 0.25) is 0 Å². The molecule has 0 radical (unpaired) electrons. The van der Waals surface area contributed by atoms with Crippen LogP contribution in [0.5, 0.6) is 0 Å². The second-order valence-corrected chi connectivity index (χ2v) is 9.57. The van der Waals surface area contributed by atoms with Crippen LogP contribution in [0.3, 0.4) is 0 Å². The highest BCUT2D eigenvalue weighted by atomic mass is 16.6. The van der Waals surface area contributed by atoms with Crippen LogP contribution < -0.4 is 0 Å². The molecule has 1 aromatic heterocycles. The van der Waals surface area contributed by atoms with E-state index in [4.69, 9.17) is 9.72 Å². The second kappa shape index (κ2) is 9.45. The number of cyclic esters (lactones) is 1. The van der Waals surface area contributed by atoms with Gasteiger partial charge in [-0.15, -0.1) is 0 Å². The average molecular weight is 396 g/mol. The van der Waals surface area contributed by atoms with Gasteiger partial charge in [0, 0.05) is 11.6 Å². The number of pyridine rings is 1. The normalized spacial score (nSPS) is 34.1. The summed E-state index contributed by atoms with van der Waals surface area (Å²) in [6, 6.07) is 6.41. The minimum atomic E-state index is 0.0443. The lowest BCUT2D eigenvalue weighted by atomic mass is 9.57. The number of hydrogen-bond donors (Lipinski definition) is 0. The van der Waals surface area contributed by atoms with Crippen LogP contribution in [-0.4, -0.2) is 17.1 Å². The molecule has 2 heterocycles. The van der Waals surface area contributed by atoms with Crippen LogP contribution in [0.2, 0.25) is 0 Å². The van der Waals surface area contributed by atoms with Crippen LogP contribution in [0.4, 0.5) is 0 Å². The van der Waals surface area contributed by atoms with Gasteiger partial charge >= 0.3 is 5.97 Å². The molecule has 0 spiro atoms. The number of nitrogens with zero attached hydrogens (tertiary/aromatic N) is 1. The van der Waals surface area contributed by atoms with Crippen molar-refractivity contribution in [1.29, 1.82) is 0 Å². The summed E-state index contributed by atoms with van der Waals surface area (Å²) in [5.74, 6) is 2.34. The van der Waals surface area contributed by atoms with Crippen LogP contribution >= 0.6 is 0 Å². The third-order valence-electron chi connectivity index (χ3n) is 7.68. The van der Waals surface area contributed by atoms with Gasteiger partial charge in [0.25, 0.3) is 0 Å². The fourth-order valence-electron chi connectivity index (χ4n) is 6.26. The maximum absolute atomic E-state index is 12.4. The largest absolute Gasteiger partial charge is 0.462 e. The van der Waals surface area contributed by atoms with E-state index in [-0.39, 0.29) is 18.0 Å². The lowest BCUT2D eigenvalue weighted by Gasteiger charge is -2.45. The summed E-state index contributed by atoms with van der Waals surface area (Å²) in [7, 11) is 0. The molecule has 1 saturated heterocycles. The van der Waals surface area contributed by atoms with Crippen LogP contribution in [0.25, 0.3) is 6.08 Å². The Balaban J connectivity index is 1.50. The molecule has 0 aromatic carbocycles. The van der Waals surface area contributed by atoms with Crippen molar-refractivity contribution in [2.75, 3.05) is 0 Å². The molecule has 3 fully saturated rings. The molecule has 4 rings (SSSR count). The van der Waals surface area contributed by atoms with E-state index in [0.29, 0.717) is 23.7 Å². The summed E-state index contributed by atoms with van der Waals surface area (Å²) in [6.07, 6.45) is 17.1. The molecular formula is C26H37NO2. The minimum absolute atomic E-state index is 0.0443. The smallest absolute Gasteiger partial charge is 0.309 e. The zero-order chi connectivity index (χ0) is 20.2. The van der Waals surface area contributed by atoms with Crippen LogP contribution in [0.1, 0.15) is 83.0 Å². The lowest BCUT2D eigenvalue weighted by molar-refractivity contribution is -0.144. The molecular weight excluding hydrogens is 358 g/mol. The zero-order valence-electron chi connectivity index (χ0n) is 18.2. The van der Waals surface area contributed by atoms with Crippen molar-refractivity contribution in [2.45, 2.75) is 84.2 Å². The van der Waals surface area contributed by atoms with E-state index < -0.39 is 0 Å². The first-order chi connectivity index (χ1) is 14.2. The SMILES string of the molecule is CCCCCCc1cccc(/C=C/[C@H]2[C@@H]3CCCC[C@H]3C[C@H]3C(=O)O[C@H](C)[C@@H]23)n1. The summed E-state index contributed by atoms with van der Waals surface area (Å²) in [5, 5.41) is 0. The fraction of sp³-hybridized carbons (Fsp3) is 0.692. The van der Waals surface area contributed by atoms with Gasteiger partial charge in [-0.2, -0.15) is 0 Å². The number of ether oxygens (including phenoxy) is 1. The maximum Gasteiger partial charge on any atom is 0.309 e. The molecule has 3 heteroatoms. The number of carbonyl (C=O) groups is 1. The molecule has 1 aromatic rings. The Hall–Kier alpha value is -1.64. The zero-order valence-corrected chi connectivity index (χ0v) is 18.2. The number of esters is 1. The summed E-state index contributed by atoms with van der Waals surface area (Å²) in [6.45, 7) is 4.35. The van der Waals surface area contributed by atoms with E-state index in [1.54, 1.807) is 0 Å². The Morgan fingerprint density at radius 3 is 2.90 bits per heavy atom. The van der Waals surface area contributed by atoms with Crippen molar-refractivity contribution >= 4 is 12.0 Å². The first-order valence-corrected chi connectivity index (χ1v) is 12.0. The second-order valence-electron chi connectivity index (χ2n) is 9.57. The number of carbonyl (C=O) groups excluding carboxylic acids is 1. The molecule has 0 N–H and O–H groups in total. The van der Waals surface area contributed by atoms with E-state index in [1.165, 1.54) is 57.1 Å². The number of allylic oxidation sites excluding steroid dienone is 1. The topological polar surface area (TPSA) is 39.2 Å². The minimum Gasteiger partial charge on any atom is -0.462 e. The van der Waals surface area contributed by atoms with Crippen LogP contribution in [0.15, 0.2) is 24.3 Å². The number of unbranched alkanes of at least 4 members (excludes halogenated alkanes) is 3. The highest BCUT2D eigenvalue weighted by Gasteiger charge is 2.53. The molecule has 29 heavy (non-hydrogen) atoms. The first-order valence-electron chi connectivity index (χ1n) is 12.0. The van der Waals surface area contributed by atoms with Gasteiger partial charge in [-0.05, 0) is 68.6 Å². The third kappa shape index (κ3) is 4.59. The van der Waals surface area contributed by atoms with E-state index in [2.05, 4.69) is 44.2 Å². The summed E-state index contributed by atoms with van der Waals surface area (Å²) in [5.41, 5.74) is 2.26. The van der Waals surface area contributed by atoms with Gasteiger partial charge in [-0.3, -0.25) is 9.78 Å². The first kappa shape index (κ1) is 20.6. The highest BCUT2D eigenvalue weighted by molar-refractivity contribution is 5.75. The van der Waals surface area contributed by atoms with E-state index in [0.717, 1.165) is 18.5 Å². The molecule has 0 unspecified atom stereocenters. The molecule has 2 saturated carbocycles. The quantitative estimate of drug-likeness (QED) is 0.406. The number of hydrogen-bond acceptors (Lipinski definition) is 3. The Kier molecular flexibility index (Phi) is 6.72. The van der Waals surface area contributed by atoms with Gasteiger partial charge in [0.05, 0.1) is 11.6 Å². The summed E-state index contributed by atoms with van der Waals surface area (Å²) >= 11 is 0. The number of aromatic nitrogens is 1. The van der Waals surface area contributed by atoms with Gasteiger partial charge in [-0.25, -0.2) is 0 Å². The average Bonchev–Trinajstić information content (AvgIpc) is 3.02. The van der Waals surface area contributed by atoms with Gasteiger partial charge in [0.15, 0.2) is 0 Å².